The van der Waals surface area contributed by atoms with Gasteiger partial charge in [-0.25, -0.2) is 4.98 Å². The second-order valence-corrected chi connectivity index (χ2v) is 8.60. The number of aromatic nitrogens is 1. The van der Waals surface area contributed by atoms with Gasteiger partial charge in [0, 0.05) is 18.7 Å². The number of carbonyl (C=O) groups is 1. The van der Waals surface area contributed by atoms with E-state index < -0.39 is 0 Å². The van der Waals surface area contributed by atoms with Gasteiger partial charge in [-0.05, 0) is 69.5 Å². The van der Waals surface area contributed by atoms with Crippen molar-refractivity contribution >= 4 is 5.97 Å². The monoisotopic (exact) mass is 448 g/mol. The van der Waals surface area contributed by atoms with Crippen molar-refractivity contribution in [3.05, 3.63) is 71.1 Å². The minimum Gasteiger partial charge on any atom is -0.487 e. The van der Waals surface area contributed by atoms with Gasteiger partial charge in [-0.2, -0.15) is 0 Å². The van der Waals surface area contributed by atoms with E-state index in [1.54, 1.807) is 0 Å². The molecule has 0 bridgehead atoms. The minimum atomic E-state index is -0.0688. The van der Waals surface area contributed by atoms with Crippen LogP contribution in [0.2, 0.25) is 0 Å². The molecule has 0 aliphatic carbocycles. The number of hydrogen-bond donors (Lipinski definition) is 0. The third-order valence-electron chi connectivity index (χ3n) is 6.05. The maximum atomic E-state index is 12.1. The summed E-state index contributed by atoms with van der Waals surface area (Å²) in [6.07, 6.45) is 1.93. The molecule has 1 aromatic heterocycles. The molecule has 2 aromatic carbocycles. The quantitative estimate of drug-likeness (QED) is 0.435. The van der Waals surface area contributed by atoms with Gasteiger partial charge in [0.15, 0.2) is 0 Å². The molecule has 6 heteroatoms. The Balaban J connectivity index is 1.35. The lowest BCUT2D eigenvalue weighted by Gasteiger charge is -2.31. The van der Waals surface area contributed by atoms with Crippen LogP contribution in [-0.4, -0.2) is 35.5 Å². The zero-order valence-electron chi connectivity index (χ0n) is 19.7. The van der Waals surface area contributed by atoms with Crippen LogP contribution in [0.1, 0.15) is 42.3 Å². The van der Waals surface area contributed by atoms with Crippen LogP contribution in [0.3, 0.4) is 0 Å². The predicted molar refractivity (Wildman–Crippen MR) is 127 cm³/mol. The first-order chi connectivity index (χ1) is 16.0. The van der Waals surface area contributed by atoms with Crippen LogP contribution in [0.25, 0.3) is 11.5 Å². The van der Waals surface area contributed by atoms with Crippen LogP contribution >= 0.6 is 0 Å². The molecule has 1 fully saturated rings. The molecule has 0 N–H and O–H groups in total. The van der Waals surface area contributed by atoms with Crippen LogP contribution in [0.5, 0.6) is 5.75 Å². The molecule has 174 valence electrons. The zero-order chi connectivity index (χ0) is 23.2. The van der Waals surface area contributed by atoms with E-state index >= 15 is 0 Å². The Kier molecular flexibility index (Phi) is 7.45. The fraction of sp³-hybridized carbons (Fsp3) is 0.407. The lowest BCUT2D eigenvalue weighted by Crippen LogP contribution is -2.38. The second kappa shape index (κ2) is 10.7. The molecular weight excluding hydrogens is 416 g/mol. The van der Waals surface area contributed by atoms with Crippen molar-refractivity contribution in [3.63, 3.8) is 0 Å². The average Bonchev–Trinajstić information content (AvgIpc) is 3.20. The molecule has 0 saturated carbocycles. The van der Waals surface area contributed by atoms with Crippen LogP contribution in [0.4, 0.5) is 0 Å². The third-order valence-corrected chi connectivity index (χ3v) is 6.05. The number of piperidine rings is 1. The Bertz CT molecular complexity index is 1080. The first-order valence-corrected chi connectivity index (χ1v) is 11.7. The number of ether oxygens (including phenoxy) is 2. The molecule has 1 aliphatic heterocycles. The van der Waals surface area contributed by atoms with Crippen LogP contribution < -0.4 is 4.74 Å². The molecule has 0 amide bonds. The van der Waals surface area contributed by atoms with Crippen molar-refractivity contribution in [3.8, 4) is 17.2 Å². The fourth-order valence-electron chi connectivity index (χ4n) is 4.29. The maximum Gasteiger partial charge on any atom is 0.310 e. The lowest BCUT2D eigenvalue weighted by atomic mass is 9.97. The molecule has 1 saturated heterocycles. The number of nitrogens with zero attached hydrogens (tertiary/aromatic N) is 2. The van der Waals surface area contributed by atoms with Gasteiger partial charge in [0.25, 0.3) is 0 Å². The number of rotatable bonds is 8. The van der Waals surface area contributed by atoms with Gasteiger partial charge in [-0.3, -0.25) is 9.69 Å². The molecule has 6 nitrogen and oxygen atoms in total. The van der Waals surface area contributed by atoms with E-state index in [0.29, 0.717) is 19.1 Å². The SMILES string of the molecule is CCOC(=O)C1CCCN(Cc2ccc(OCc3nc(-c4ccccc4)oc3C)c(C)c2)C1. The molecule has 0 spiro atoms. The van der Waals surface area contributed by atoms with E-state index in [-0.39, 0.29) is 11.9 Å². The van der Waals surface area contributed by atoms with Gasteiger partial charge < -0.3 is 13.9 Å². The van der Waals surface area contributed by atoms with E-state index in [1.165, 1.54) is 5.56 Å². The van der Waals surface area contributed by atoms with Crippen molar-refractivity contribution in [2.75, 3.05) is 19.7 Å². The summed E-state index contributed by atoms with van der Waals surface area (Å²) in [6, 6.07) is 16.2. The van der Waals surface area contributed by atoms with E-state index in [2.05, 4.69) is 28.9 Å². The molecule has 0 radical (unpaired) electrons. The Labute approximate surface area is 195 Å². The first kappa shape index (κ1) is 23.1. The zero-order valence-corrected chi connectivity index (χ0v) is 19.7. The molecule has 3 aromatic rings. The number of esters is 1. The van der Waals surface area contributed by atoms with Gasteiger partial charge >= 0.3 is 5.97 Å². The normalized spacial score (nSPS) is 16.5. The molecule has 1 atom stereocenters. The number of benzene rings is 2. The van der Waals surface area contributed by atoms with Gasteiger partial charge in [0.05, 0.1) is 12.5 Å². The highest BCUT2D eigenvalue weighted by atomic mass is 16.5. The Morgan fingerprint density at radius 3 is 2.76 bits per heavy atom. The van der Waals surface area contributed by atoms with E-state index in [1.807, 2.05) is 50.2 Å². The van der Waals surface area contributed by atoms with Crippen LogP contribution in [-0.2, 0) is 22.7 Å². The third kappa shape index (κ3) is 5.82. The van der Waals surface area contributed by atoms with E-state index in [9.17, 15) is 4.79 Å². The van der Waals surface area contributed by atoms with E-state index in [4.69, 9.17) is 13.9 Å². The van der Waals surface area contributed by atoms with Gasteiger partial charge in [-0.15, -0.1) is 0 Å². The molecule has 1 unspecified atom stereocenters. The lowest BCUT2D eigenvalue weighted by molar-refractivity contribution is -0.150. The Hall–Kier alpha value is -3.12. The summed E-state index contributed by atoms with van der Waals surface area (Å²) in [5, 5.41) is 0. The van der Waals surface area contributed by atoms with Crippen molar-refractivity contribution in [1.82, 2.24) is 9.88 Å². The summed E-state index contributed by atoms with van der Waals surface area (Å²) in [4.78, 5) is 19.1. The number of hydrogen-bond acceptors (Lipinski definition) is 6. The number of carbonyl (C=O) groups excluding carboxylic acids is 1. The number of likely N-dealkylation sites (tertiary alicyclic amines) is 1. The fourth-order valence-corrected chi connectivity index (χ4v) is 4.29. The summed E-state index contributed by atoms with van der Waals surface area (Å²) in [7, 11) is 0. The van der Waals surface area contributed by atoms with Crippen molar-refractivity contribution in [2.24, 2.45) is 5.92 Å². The molecule has 4 rings (SSSR count). The molecule has 2 heterocycles. The topological polar surface area (TPSA) is 64.8 Å². The molecular formula is C27H32N2O4. The van der Waals surface area contributed by atoms with Crippen LogP contribution in [0.15, 0.2) is 52.9 Å². The van der Waals surface area contributed by atoms with Gasteiger partial charge in [0.1, 0.15) is 23.8 Å². The first-order valence-electron chi connectivity index (χ1n) is 11.7. The maximum absolute atomic E-state index is 12.1. The smallest absolute Gasteiger partial charge is 0.310 e. The second-order valence-electron chi connectivity index (χ2n) is 8.60. The highest BCUT2D eigenvalue weighted by molar-refractivity contribution is 5.72. The van der Waals surface area contributed by atoms with Crippen molar-refractivity contribution in [1.29, 1.82) is 0 Å². The summed E-state index contributed by atoms with van der Waals surface area (Å²) in [6.45, 7) is 9.20. The summed E-state index contributed by atoms with van der Waals surface area (Å²) in [5.41, 5.74) is 4.05. The summed E-state index contributed by atoms with van der Waals surface area (Å²) in [5.74, 6) is 2.13. The van der Waals surface area contributed by atoms with Crippen molar-refractivity contribution < 1.29 is 18.7 Å². The standard InChI is InChI=1S/C27H32N2O4/c1-4-31-27(30)23-11-8-14-29(17-23)16-21-12-13-25(19(2)15-21)32-18-24-20(3)33-26(28-24)22-9-6-5-7-10-22/h5-7,9-10,12-13,15,23H,4,8,11,14,16-18H2,1-3H3. The highest BCUT2D eigenvalue weighted by Gasteiger charge is 2.26. The largest absolute Gasteiger partial charge is 0.487 e. The number of oxazole rings is 1. The Morgan fingerprint density at radius 2 is 2.00 bits per heavy atom. The van der Waals surface area contributed by atoms with Crippen LogP contribution in [0, 0.1) is 19.8 Å². The minimum absolute atomic E-state index is 0.0196. The highest BCUT2D eigenvalue weighted by Crippen LogP contribution is 2.26. The Morgan fingerprint density at radius 1 is 1.18 bits per heavy atom. The summed E-state index contributed by atoms with van der Waals surface area (Å²) < 4.78 is 17.1. The van der Waals surface area contributed by atoms with Gasteiger partial charge in [0.2, 0.25) is 5.89 Å². The van der Waals surface area contributed by atoms with Gasteiger partial charge in [-0.1, -0.05) is 30.3 Å². The molecule has 33 heavy (non-hydrogen) atoms. The average molecular weight is 449 g/mol. The summed E-state index contributed by atoms with van der Waals surface area (Å²) >= 11 is 0. The molecule has 1 aliphatic rings. The predicted octanol–water partition coefficient (Wildman–Crippen LogP) is 5.31. The number of aryl methyl sites for hydroxylation is 2. The van der Waals surface area contributed by atoms with E-state index in [0.717, 1.165) is 60.8 Å². The van der Waals surface area contributed by atoms with Crippen molar-refractivity contribution in [2.45, 2.75) is 46.8 Å².